The highest BCUT2D eigenvalue weighted by Crippen LogP contribution is 2.23. The minimum atomic E-state index is -0.928. The molecule has 0 spiro atoms. The lowest BCUT2D eigenvalue weighted by atomic mass is 10.1. The van der Waals surface area contributed by atoms with E-state index in [9.17, 15) is 4.79 Å². The van der Waals surface area contributed by atoms with Crippen LogP contribution in [0, 0.1) is 0 Å². The van der Waals surface area contributed by atoms with Gasteiger partial charge in [0.1, 0.15) is 11.9 Å². The molecule has 0 saturated carbocycles. The van der Waals surface area contributed by atoms with Gasteiger partial charge in [0.05, 0.1) is 7.11 Å². The van der Waals surface area contributed by atoms with Crippen LogP contribution in [0.4, 0.5) is 0 Å². The van der Waals surface area contributed by atoms with E-state index >= 15 is 0 Å². The number of rotatable bonds is 4. The van der Waals surface area contributed by atoms with Crippen molar-refractivity contribution in [3.05, 3.63) is 28.2 Å². The van der Waals surface area contributed by atoms with E-state index in [2.05, 4.69) is 15.9 Å². The zero-order valence-corrected chi connectivity index (χ0v) is 10.2. The summed E-state index contributed by atoms with van der Waals surface area (Å²) in [5, 5.41) is 9.10. The second-order valence-electron chi connectivity index (χ2n) is 3.28. The van der Waals surface area contributed by atoms with Crippen molar-refractivity contribution in [2.24, 2.45) is 0 Å². The van der Waals surface area contributed by atoms with Crippen LogP contribution < -0.4 is 4.74 Å². The third-order valence-corrected chi connectivity index (χ3v) is 2.86. The van der Waals surface area contributed by atoms with Crippen molar-refractivity contribution < 1.29 is 14.6 Å². The van der Waals surface area contributed by atoms with Crippen molar-refractivity contribution in [1.82, 2.24) is 0 Å². The average molecular weight is 273 g/mol. The Morgan fingerprint density at radius 2 is 2.27 bits per heavy atom. The highest BCUT2D eigenvalue weighted by Gasteiger charge is 2.12. The maximum Gasteiger partial charge on any atom is 0.165 e. The van der Waals surface area contributed by atoms with Crippen LogP contribution in [0.2, 0.25) is 0 Å². The minimum absolute atomic E-state index is 0.204. The van der Waals surface area contributed by atoms with Gasteiger partial charge < -0.3 is 9.84 Å². The van der Waals surface area contributed by atoms with Gasteiger partial charge in [0.15, 0.2) is 5.78 Å². The number of aliphatic hydroxyl groups is 1. The first-order valence-electron chi connectivity index (χ1n) is 4.57. The number of ether oxygens (including phenoxy) is 1. The lowest BCUT2D eigenvalue weighted by molar-refractivity contribution is -0.125. The molecule has 1 N–H and O–H groups in total. The predicted molar refractivity (Wildman–Crippen MR) is 61.1 cm³/mol. The molecule has 15 heavy (non-hydrogen) atoms. The highest BCUT2D eigenvalue weighted by atomic mass is 79.9. The molecule has 0 heterocycles. The van der Waals surface area contributed by atoms with Crippen LogP contribution in [-0.2, 0) is 11.2 Å². The highest BCUT2D eigenvalue weighted by molar-refractivity contribution is 9.10. The molecule has 0 bridgehead atoms. The van der Waals surface area contributed by atoms with E-state index in [0.29, 0.717) is 5.75 Å². The minimum Gasteiger partial charge on any atom is -0.497 e. The van der Waals surface area contributed by atoms with E-state index < -0.39 is 6.10 Å². The Labute approximate surface area is 97.2 Å². The van der Waals surface area contributed by atoms with Crippen molar-refractivity contribution >= 4 is 21.7 Å². The smallest absolute Gasteiger partial charge is 0.165 e. The van der Waals surface area contributed by atoms with Crippen molar-refractivity contribution in [3.8, 4) is 5.75 Å². The van der Waals surface area contributed by atoms with Gasteiger partial charge in [-0.3, -0.25) is 4.79 Å². The van der Waals surface area contributed by atoms with Crippen molar-refractivity contribution in [3.63, 3.8) is 0 Å². The third kappa shape index (κ3) is 3.32. The zero-order chi connectivity index (χ0) is 11.4. The Morgan fingerprint density at radius 3 is 2.80 bits per heavy atom. The van der Waals surface area contributed by atoms with Crippen LogP contribution in [0.15, 0.2) is 22.7 Å². The molecule has 0 amide bonds. The summed E-state index contributed by atoms with van der Waals surface area (Å²) in [5.74, 6) is 0.496. The number of methoxy groups -OCH3 is 1. The summed E-state index contributed by atoms with van der Waals surface area (Å²) in [6, 6.07) is 5.41. The first kappa shape index (κ1) is 12.2. The standard InChI is InChI=1S/C11H13BrO3/c1-7(13)11(14)6-8-5-9(15-2)3-4-10(8)12/h3-5,7,13H,6H2,1-2H3. The number of hydrogen-bond donors (Lipinski definition) is 1. The molecular formula is C11H13BrO3. The van der Waals surface area contributed by atoms with Crippen LogP contribution in [0.1, 0.15) is 12.5 Å². The van der Waals surface area contributed by atoms with E-state index in [1.54, 1.807) is 19.2 Å². The molecule has 0 saturated heterocycles. The average Bonchev–Trinajstić information content (AvgIpc) is 2.21. The Morgan fingerprint density at radius 1 is 1.60 bits per heavy atom. The van der Waals surface area contributed by atoms with Gasteiger partial charge in [0.2, 0.25) is 0 Å². The summed E-state index contributed by atoms with van der Waals surface area (Å²) >= 11 is 3.35. The van der Waals surface area contributed by atoms with E-state index in [4.69, 9.17) is 9.84 Å². The van der Waals surface area contributed by atoms with Crippen LogP contribution in [0.25, 0.3) is 0 Å². The maximum atomic E-state index is 11.4. The van der Waals surface area contributed by atoms with Gasteiger partial charge in [-0.2, -0.15) is 0 Å². The second kappa shape index (κ2) is 5.28. The Hall–Kier alpha value is -0.870. The van der Waals surface area contributed by atoms with Gasteiger partial charge in [-0.15, -0.1) is 0 Å². The molecule has 3 nitrogen and oxygen atoms in total. The normalized spacial score (nSPS) is 12.3. The molecule has 1 unspecified atom stereocenters. The van der Waals surface area contributed by atoms with Crippen LogP contribution >= 0.6 is 15.9 Å². The van der Waals surface area contributed by atoms with Gasteiger partial charge in [0, 0.05) is 10.9 Å². The number of carbonyl (C=O) groups excluding carboxylic acids is 1. The fraction of sp³-hybridized carbons (Fsp3) is 0.364. The molecule has 0 aromatic heterocycles. The van der Waals surface area contributed by atoms with Crippen LogP contribution in [0.3, 0.4) is 0 Å². The van der Waals surface area contributed by atoms with Gasteiger partial charge in [-0.05, 0) is 30.7 Å². The number of carbonyl (C=O) groups is 1. The van der Waals surface area contributed by atoms with Crippen molar-refractivity contribution in [2.75, 3.05) is 7.11 Å². The fourth-order valence-corrected chi connectivity index (χ4v) is 1.54. The number of aliphatic hydroxyl groups excluding tert-OH is 1. The maximum absolute atomic E-state index is 11.4. The number of halogens is 1. The summed E-state index contributed by atoms with van der Waals surface area (Å²) in [6.07, 6.45) is -0.724. The summed E-state index contributed by atoms with van der Waals surface area (Å²) in [6.45, 7) is 1.47. The molecule has 0 radical (unpaired) electrons. The van der Waals surface area contributed by atoms with Crippen molar-refractivity contribution in [1.29, 1.82) is 0 Å². The van der Waals surface area contributed by atoms with E-state index in [1.807, 2.05) is 6.07 Å². The zero-order valence-electron chi connectivity index (χ0n) is 8.66. The Bertz CT molecular complexity index is 361. The Kier molecular flexibility index (Phi) is 4.29. The van der Waals surface area contributed by atoms with Crippen molar-refractivity contribution in [2.45, 2.75) is 19.4 Å². The molecule has 1 aromatic carbocycles. The first-order chi connectivity index (χ1) is 7.04. The molecule has 82 valence electrons. The Balaban J connectivity index is 2.88. The number of benzene rings is 1. The third-order valence-electron chi connectivity index (χ3n) is 2.08. The quantitative estimate of drug-likeness (QED) is 0.912. The van der Waals surface area contributed by atoms with Gasteiger partial charge >= 0.3 is 0 Å². The molecule has 0 aliphatic carbocycles. The van der Waals surface area contributed by atoms with Gasteiger partial charge in [-0.1, -0.05) is 15.9 Å². The summed E-state index contributed by atoms with van der Waals surface area (Å²) < 4.78 is 5.90. The molecule has 1 atom stereocenters. The second-order valence-corrected chi connectivity index (χ2v) is 4.13. The fourth-order valence-electron chi connectivity index (χ4n) is 1.15. The molecule has 1 aromatic rings. The first-order valence-corrected chi connectivity index (χ1v) is 5.37. The summed E-state index contributed by atoms with van der Waals surface area (Å²) in [7, 11) is 1.57. The topological polar surface area (TPSA) is 46.5 Å². The number of ketones is 1. The monoisotopic (exact) mass is 272 g/mol. The largest absolute Gasteiger partial charge is 0.497 e. The number of Topliss-reactive ketones (excluding diaryl/α,β-unsaturated/α-hetero) is 1. The molecule has 1 rings (SSSR count). The number of hydrogen-bond acceptors (Lipinski definition) is 3. The van der Waals surface area contributed by atoms with Crippen LogP contribution in [-0.4, -0.2) is 24.1 Å². The van der Waals surface area contributed by atoms with Gasteiger partial charge in [0.25, 0.3) is 0 Å². The lowest BCUT2D eigenvalue weighted by Crippen LogP contribution is -2.18. The molecule has 0 aliphatic heterocycles. The summed E-state index contributed by atoms with van der Waals surface area (Å²) in [5.41, 5.74) is 0.820. The molecule has 4 heteroatoms. The lowest BCUT2D eigenvalue weighted by Gasteiger charge is -2.07. The van der Waals surface area contributed by atoms with Gasteiger partial charge in [-0.25, -0.2) is 0 Å². The van der Waals surface area contributed by atoms with E-state index in [1.165, 1.54) is 6.92 Å². The van der Waals surface area contributed by atoms with E-state index in [0.717, 1.165) is 10.0 Å². The molecule has 0 fully saturated rings. The molecule has 0 aliphatic rings. The van der Waals surface area contributed by atoms with E-state index in [-0.39, 0.29) is 12.2 Å². The summed E-state index contributed by atoms with van der Waals surface area (Å²) in [4.78, 5) is 11.4. The van der Waals surface area contributed by atoms with Crippen LogP contribution in [0.5, 0.6) is 5.75 Å². The molecular weight excluding hydrogens is 260 g/mol. The SMILES string of the molecule is COc1ccc(Br)c(CC(=O)C(C)O)c1. The predicted octanol–water partition coefficient (Wildman–Crippen LogP) is 1.95.